The van der Waals surface area contributed by atoms with Gasteiger partial charge in [-0.05, 0) is 18.2 Å². The molecule has 0 bridgehead atoms. The van der Waals surface area contributed by atoms with Gasteiger partial charge in [-0.25, -0.2) is 4.79 Å². The number of amides is 3. The fourth-order valence-electron chi connectivity index (χ4n) is 1.12. The van der Waals surface area contributed by atoms with E-state index < -0.39 is 11.9 Å². The van der Waals surface area contributed by atoms with E-state index in [2.05, 4.69) is 10.6 Å². The van der Waals surface area contributed by atoms with E-state index in [4.69, 9.17) is 16.6 Å². The molecule has 2 N–H and O–H groups in total. The van der Waals surface area contributed by atoms with Gasteiger partial charge in [-0.15, -0.1) is 0 Å². The highest BCUT2D eigenvalue weighted by Gasteiger charge is 2.24. The average Bonchev–Trinajstić information content (AvgIpc) is 2.63. The molecule has 1 fully saturated rings. The van der Waals surface area contributed by atoms with Crippen molar-refractivity contribution < 1.29 is 14.0 Å². The summed E-state index contributed by atoms with van der Waals surface area (Å²) in [6.07, 6.45) is 2.95. The minimum absolute atomic E-state index is 0.0974. The van der Waals surface area contributed by atoms with E-state index >= 15 is 0 Å². The van der Waals surface area contributed by atoms with Crippen LogP contribution in [0, 0.1) is 0 Å². The van der Waals surface area contributed by atoms with Crippen molar-refractivity contribution in [2.75, 3.05) is 0 Å². The number of hydrogen-bond donors (Lipinski definition) is 2. The second-order valence-corrected chi connectivity index (χ2v) is 3.22. The number of hydrogen-bond acceptors (Lipinski definition) is 4. The van der Waals surface area contributed by atoms with Crippen molar-refractivity contribution in [3.05, 3.63) is 29.7 Å². The third-order valence-corrected chi connectivity index (χ3v) is 2.10. The molecule has 2 heterocycles. The summed E-state index contributed by atoms with van der Waals surface area (Å²) >= 11 is 4.85. The monoisotopic (exact) mass is 222 g/mol. The van der Waals surface area contributed by atoms with Crippen LogP contribution < -0.4 is 10.6 Å². The Kier molecular flexibility index (Phi) is 2.34. The number of urea groups is 1. The minimum Gasteiger partial charge on any atom is -0.465 e. The summed E-state index contributed by atoms with van der Waals surface area (Å²) < 4.78 is 5.03. The quantitative estimate of drug-likeness (QED) is 0.545. The minimum atomic E-state index is -0.610. The zero-order valence-corrected chi connectivity index (χ0v) is 8.26. The maximum atomic E-state index is 11.4. The topological polar surface area (TPSA) is 71.3 Å². The molecule has 0 saturated carbocycles. The highest BCUT2D eigenvalue weighted by Crippen LogP contribution is 2.10. The molecule has 5 nitrogen and oxygen atoms in total. The number of furan rings is 1. The Labute approximate surface area is 90.1 Å². The van der Waals surface area contributed by atoms with Crippen LogP contribution in [0.5, 0.6) is 0 Å². The predicted octanol–water partition coefficient (Wildman–Crippen LogP) is 0.830. The molecule has 1 aliphatic heterocycles. The van der Waals surface area contributed by atoms with Gasteiger partial charge in [0.1, 0.15) is 10.7 Å². The van der Waals surface area contributed by atoms with E-state index in [0.29, 0.717) is 5.76 Å². The standard InChI is InChI=1S/C9H6N2O3S/c12-7-6(4-5-2-1-3-14-5)8(15)11-9(13)10-7/h1-4H,(H2,10,11,12,13,15). The smallest absolute Gasteiger partial charge is 0.326 e. The van der Waals surface area contributed by atoms with Crippen molar-refractivity contribution in [3.63, 3.8) is 0 Å². The SMILES string of the molecule is O=C1NC(=O)C(=Cc2ccco2)C(=S)N1. The molecule has 0 spiro atoms. The number of imide groups is 1. The lowest BCUT2D eigenvalue weighted by Gasteiger charge is -2.15. The van der Waals surface area contributed by atoms with Gasteiger partial charge in [0, 0.05) is 0 Å². The number of nitrogens with one attached hydrogen (secondary N) is 2. The van der Waals surface area contributed by atoms with Crippen molar-refractivity contribution in [1.29, 1.82) is 0 Å². The van der Waals surface area contributed by atoms with Gasteiger partial charge in [-0.2, -0.15) is 0 Å². The summed E-state index contributed by atoms with van der Waals surface area (Å²) in [4.78, 5) is 22.3. The van der Waals surface area contributed by atoms with E-state index in [1.807, 2.05) is 0 Å². The predicted molar refractivity (Wildman–Crippen MR) is 56.0 cm³/mol. The van der Waals surface area contributed by atoms with E-state index in [9.17, 15) is 9.59 Å². The third kappa shape index (κ3) is 1.94. The molecule has 1 saturated heterocycles. The fourth-order valence-corrected chi connectivity index (χ4v) is 1.37. The second-order valence-electron chi connectivity index (χ2n) is 2.81. The molecule has 0 aromatic carbocycles. The van der Waals surface area contributed by atoms with E-state index in [1.165, 1.54) is 12.3 Å². The van der Waals surface area contributed by atoms with Gasteiger partial charge in [-0.3, -0.25) is 15.4 Å². The maximum Gasteiger partial charge on any atom is 0.326 e. The Balaban J connectivity index is 2.32. The summed E-state index contributed by atoms with van der Waals surface area (Å²) in [6, 6.07) is 2.76. The van der Waals surface area contributed by atoms with E-state index in [1.54, 1.807) is 12.1 Å². The fraction of sp³-hybridized carbons (Fsp3) is 0. The van der Waals surface area contributed by atoms with Crippen LogP contribution in [0.3, 0.4) is 0 Å². The largest absolute Gasteiger partial charge is 0.465 e. The van der Waals surface area contributed by atoms with E-state index in [0.717, 1.165) is 0 Å². The summed E-state index contributed by atoms with van der Waals surface area (Å²) in [5.41, 5.74) is 0.208. The number of carbonyl (C=O) groups excluding carboxylic acids is 2. The van der Waals surface area contributed by atoms with Gasteiger partial charge in [0.25, 0.3) is 5.91 Å². The molecule has 1 aliphatic rings. The lowest BCUT2D eigenvalue weighted by Crippen LogP contribution is -2.50. The van der Waals surface area contributed by atoms with Crippen LogP contribution in [-0.2, 0) is 4.79 Å². The first-order valence-corrected chi connectivity index (χ1v) is 4.49. The van der Waals surface area contributed by atoms with Crippen molar-refractivity contribution in [2.45, 2.75) is 0 Å². The third-order valence-electron chi connectivity index (χ3n) is 1.77. The molecule has 3 amide bonds. The summed E-state index contributed by atoms with van der Waals surface area (Å²) in [5, 5.41) is 4.41. The molecule has 0 aliphatic carbocycles. The van der Waals surface area contributed by atoms with Gasteiger partial charge in [0.15, 0.2) is 0 Å². The van der Waals surface area contributed by atoms with Crippen molar-refractivity contribution in [2.24, 2.45) is 0 Å². The summed E-state index contributed by atoms with van der Waals surface area (Å²) in [6.45, 7) is 0. The van der Waals surface area contributed by atoms with Gasteiger partial charge in [0.2, 0.25) is 0 Å². The molecule has 15 heavy (non-hydrogen) atoms. The molecule has 1 aromatic heterocycles. The Morgan fingerprint density at radius 3 is 2.73 bits per heavy atom. The Morgan fingerprint density at radius 1 is 1.33 bits per heavy atom. The first-order chi connectivity index (χ1) is 7.16. The lowest BCUT2D eigenvalue weighted by molar-refractivity contribution is -0.116. The molecule has 0 radical (unpaired) electrons. The highest BCUT2D eigenvalue weighted by atomic mass is 32.1. The van der Waals surface area contributed by atoms with Crippen molar-refractivity contribution >= 4 is 35.2 Å². The Morgan fingerprint density at radius 2 is 2.13 bits per heavy atom. The molecular formula is C9H6N2O3S. The normalized spacial score (nSPS) is 18.9. The van der Waals surface area contributed by atoms with Crippen LogP contribution >= 0.6 is 12.2 Å². The maximum absolute atomic E-state index is 11.4. The Bertz CT molecular complexity index is 440. The number of carbonyl (C=O) groups is 2. The molecule has 2 rings (SSSR count). The van der Waals surface area contributed by atoms with Crippen LogP contribution in [0.2, 0.25) is 0 Å². The highest BCUT2D eigenvalue weighted by molar-refractivity contribution is 7.81. The molecule has 1 aromatic rings. The van der Waals surface area contributed by atoms with Crippen LogP contribution in [0.25, 0.3) is 6.08 Å². The number of thiocarbonyl (C=S) groups is 1. The summed E-state index contributed by atoms with van der Waals surface area (Å²) in [5.74, 6) is -0.0289. The van der Waals surface area contributed by atoms with Crippen LogP contribution in [-0.4, -0.2) is 16.9 Å². The van der Waals surface area contributed by atoms with Gasteiger partial charge in [-0.1, -0.05) is 12.2 Å². The summed E-state index contributed by atoms with van der Waals surface area (Å²) in [7, 11) is 0. The zero-order chi connectivity index (χ0) is 10.8. The van der Waals surface area contributed by atoms with Crippen LogP contribution in [0.4, 0.5) is 4.79 Å². The molecule has 0 atom stereocenters. The van der Waals surface area contributed by atoms with Crippen molar-refractivity contribution in [3.8, 4) is 0 Å². The zero-order valence-electron chi connectivity index (χ0n) is 7.44. The van der Waals surface area contributed by atoms with Crippen LogP contribution in [0.1, 0.15) is 5.76 Å². The van der Waals surface area contributed by atoms with Gasteiger partial charge in [0.05, 0.1) is 11.8 Å². The van der Waals surface area contributed by atoms with Crippen LogP contribution in [0.15, 0.2) is 28.4 Å². The van der Waals surface area contributed by atoms with E-state index in [-0.39, 0.29) is 10.6 Å². The second kappa shape index (κ2) is 3.66. The molecular weight excluding hydrogens is 216 g/mol. The average molecular weight is 222 g/mol. The van der Waals surface area contributed by atoms with Gasteiger partial charge < -0.3 is 4.42 Å². The van der Waals surface area contributed by atoms with Gasteiger partial charge >= 0.3 is 6.03 Å². The lowest BCUT2D eigenvalue weighted by atomic mass is 10.2. The molecule has 76 valence electrons. The molecule has 0 unspecified atom stereocenters. The van der Waals surface area contributed by atoms with Crippen molar-refractivity contribution in [1.82, 2.24) is 10.6 Å². The number of rotatable bonds is 1. The first-order valence-electron chi connectivity index (χ1n) is 4.08. The molecule has 6 heteroatoms. The Hall–Kier alpha value is -1.95. The first kappa shape index (κ1) is 9.60.